The number of nitro benzene ring substituents is 2. The third-order valence-electron chi connectivity index (χ3n) is 4.40. The Morgan fingerprint density at radius 3 is 2.00 bits per heavy atom. The molecule has 0 saturated heterocycles. The Morgan fingerprint density at radius 2 is 1.52 bits per heavy atom. The topological polar surface area (TPSA) is 159 Å². The number of nitrogens with zero attached hydrogens (tertiary/aromatic N) is 2. The zero-order chi connectivity index (χ0) is 24.7. The van der Waals surface area contributed by atoms with E-state index in [1.165, 1.54) is 0 Å². The first-order valence-electron chi connectivity index (χ1n) is 9.68. The van der Waals surface area contributed by atoms with Gasteiger partial charge >= 0.3 is 5.97 Å². The van der Waals surface area contributed by atoms with Crippen molar-refractivity contribution in [3.8, 4) is 0 Å². The zero-order valence-corrected chi connectivity index (χ0v) is 19.2. The van der Waals surface area contributed by atoms with Crippen LogP contribution in [0.5, 0.6) is 0 Å². The van der Waals surface area contributed by atoms with Gasteiger partial charge in [-0.1, -0.05) is 41.9 Å². The van der Waals surface area contributed by atoms with Gasteiger partial charge in [0.25, 0.3) is 17.3 Å². The monoisotopic (exact) mass is 521 g/mol. The fourth-order valence-corrected chi connectivity index (χ4v) is 3.08. The fraction of sp³-hybridized carbons (Fsp3) is 0.286. The van der Waals surface area contributed by atoms with Crippen molar-refractivity contribution in [2.75, 3.05) is 6.61 Å². The van der Waals surface area contributed by atoms with Crippen LogP contribution in [0.1, 0.15) is 41.0 Å². The number of hydrogen-bond donors (Lipinski definition) is 1. The molecule has 2 rings (SSSR count). The Labute approximate surface area is 196 Å². The van der Waals surface area contributed by atoms with Gasteiger partial charge in [0.05, 0.1) is 21.5 Å². The first-order chi connectivity index (χ1) is 15.5. The zero-order valence-electron chi connectivity index (χ0n) is 17.6. The maximum atomic E-state index is 12.6. The Balaban J connectivity index is 2.16. The fourth-order valence-electron chi connectivity index (χ4n) is 2.82. The Kier molecular flexibility index (Phi) is 8.74. The second-order valence-corrected chi connectivity index (χ2v) is 8.36. The molecule has 0 aromatic heterocycles. The number of carbonyl (C=O) groups is 3. The number of ether oxygens (including phenoxy) is 1. The highest BCUT2D eigenvalue weighted by molar-refractivity contribution is 9.10. The first kappa shape index (κ1) is 25.6. The van der Waals surface area contributed by atoms with Gasteiger partial charge in [0.15, 0.2) is 12.4 Å². The van der Waals surface area contributed by atoms with Crippen molar-refractivity contribution in [3.05, 3.63) is 78.3 Å². The number of hydrogen-bond acceptors (Lipinski definition) is 8. The maximum Gasteiger partial charge on any atom is 0.329 e. The van der Waals surface area contributed by atoms with Crippen molar-refractivity contribution in [2.45, 2.75) is 26.3 Å². The minimum atomic E-state index is -1.17. The summed E-state index contributed by atoms with van der Waals surface area (Å²) in [6.07, 6.45) is 0.147. The van der Waals surface area contributed by atoms with Crippen LogP contribution in [0.2, 0.25) is 0 Å². The second kappa shape index (κ2) is 11.3. The third kappa shape index (κ3) is 7.45. The van der Waals surface area contributed by atoms with E-state index in [1.807, 2.05) is 0 Å². The predicted molar refractivity (Wildman–Crippen MR) is 120 cm³/mol. The van der Waals surface area contributed by atoms with Crippen LogP contribution in [-0.2, 0) is 9.53 Å². The van der Waals surface area contributed by atoms with Crippen LogP contribution in [0.4, 0.5) is 11.4 Å². The van der Waals surface area contributed by atoms with E-state index in [-0.39, 0.29) is 17.9 Å². The van der Waals surface area contributed by atoms with E-state index in [1.54, 1.807) is 38.1 Å². The number of amides is 1. The molecular formula is C21H20BrN3O8. The summed E-state index contributed by atoms with van der Waals surface area (Å²) in [7, 11) is 0. The SMILES string of the molecule is CC(C)CC(NC(=O)c1cc([N+](=O)[O-])cc([N+](=O)[O-])c1)C(=O)OCC(=O)c1ccc(Br)cc1. The molecule has 12 heteroatoms. The molecule has 11 nitrogen and oxygen atoms in total. The molecule has 33 heavy (non-hydrogen) atoms. The number of non-ortho nitro benzene ring substituents is 2. The normalized spacial score (nSPS) is 11.5. The average Bonchev–Trinajstić information content (AvgIpc) is 2.76. The first-order valence-corrected chi connectivity index (χ1v) is 10.5. The van der Waals surface area contributed by atoms with E-state index in [0.29, 0.717) is 5.56 Å². The highest BCUT2D eigenvalue weighted by atomic mass is 79.9. The number of carbonyl (C=O) groups excluding carboxylic acids is 3. The Bertz CT molecular complexity index is 1050. The summed E-state index contributed by atoms with van der Waals surface area (Å²) in [5, 5.41) is 24.5. The van der Waals surface area contributed by atoms with Gasteiger partial charge in [0.2, 0.25) is 0 Å². The molecule has 2 aromatic rings. The lowest BCUT2D eigenvalue weighted by Crippen LogP contribution is -2.43. The largest absolute Gasteiger partial charge is 0.456 e. The molecule has 1 amide bonds. The van der Waals surface area contributed by atoms with Crippen molar-refractivity contribution in [3.63, 3.8) is 0 Å². The highest BCUT2D eigenvalue weighted by Crippen LogP contribution is 2.23. The molecular weight excluding hydrogens is 502 g/mol. The molecule has 1 atom stereocenters. The lowest BCUT2D eigenvalue weighted by Gasteiger charge is -2.19. The Morgan fingerprint density at radius 1 is 0.970 bits per heavy atom. The van der Waals surface area contributed by atoms with Gasteiger partial charge in [-0.2, -0.15) is 0 Å². The van der Waals surface area contributed by atoms with Crippen LogP contribution in [0.25, 0.3) is 0 Å². The van der Waals surface area contributed by atoms with E-state index in [4.69, 9.17) is 4.74 Å². The summed E-state index contributed by atoms with van der Waals surface area (Å²) in [4.78, 5) is 57.8. The van der Waals surface area contributed by atoms with Gasteiger partial charge in [-0.3, -0.25) is 29.8 Å². The summed E-state index contributed by atoms with van der Waals surface area (Å²) in [5.74, 6) is -2.31. The maximum absolute atomic E-state index is 12.6. The van der Waals surface area contributed by atoms with Crippen LogP contribution in [0.3, 0.4) is 0 Å². The summed E-state index contributed by atoms with van der Waals surface area (Å²) in [5.41, 5.74) is -1.31. The van der Waals surface area contributed by atoms with Gasteiger partial charge in [-0.05, 0) is 24.5 Å². The van der Waals surface area contributed by atoms with Gasteiger partial charge in [0, 0.05) is 22.2 Å². The number of ketones is 1. The molecule has 2 aromatic carbocycles. The van der Waals surface area contributed by atoms with Crippen molar-refractivity contribution in [1.29, 1.82) is 0 Å². The van der Waals surface area contributed by atoms with Crippen LogP contribution in [0.15, 0.2) is 46.9 Å². The molecule has 0 saturated carbocycles. The van der Waals surface area contributed by atoms with E-state index in [9.17, 15) is 34.6 Å². The summed E-state index contributed by atoms with van der Waals surface area (Å²) in [6.45, 7) is 3.03. The number of halogens is 1. The quantitative estimate of drug-likeness (QED) is 0.213. The van der Waals surface area contributed by atoms with Crippen LogP contribution >= 0.6 is 15.9 Å². The molecule has 1 N–H and O–H groups in total. The number of rotatable bonds is 10. The van der Waals surface area contributed by atoms with Gasteiger partial charge in [-0.15, -0.1) is 0 Å². The van der Waals surface area contributed by atoms with E-state index in [2.05, 4.69) is 21.2 Å². The number of nitrogens with one attached hydrogen (secondary N) is 1. The van der Waals surface area contributed by atoms with E-state index >= 15 is 0 Å². The number of benzene rings is 2. The summed E-state index contributed by atoms with van der Waals surface area (Å²) >= 11 is 3.25. The molecule has 174 valence electrons. The minimum Gasteiger partial charge on any atom is -0.456 e. The molecule has 0 spiro atoms. The standard InChI is InChI=1S/C21H20BrN3O8/c1-12(2)7-18(21(28)33-11-19(26)13-3-5-15(22)6-4-13)23-20(27)14-8-16(24(29)30)10-17(9-14)25(31)32/h3-6,8-10,12,18H,7,11H2,1-2H3,(H,23,27). The van der Waals surface area contributed by atoms with Crippen molar-refractivity contribution in [1.82, 2.24) is 5.32 Å². The Hall–Kier alpha value is -3.67. The lowest BCUT2D eigenvalue weighted by molar-refractivity contribution is -0.394. The van der Waals surface area contributed by atoms with Gasteiger partial charge < -0.3 is 10.1 Å². The van der Waals surface area contributed by atoms with Crippen LogP contribution < -0.4 is 5.32 Å². The second-order valence-electron chi connectivity index (χ2n) is 7.45. The smallest absolute Gasteiger partial charge is 0.329 e. The van der Waals surface area contributed by atoms with E-state index in [0.717, 1.165) is 22.7 Å². The van der Waals surface area contributed by atoms with Crippen molar-refractivity contribution < 1.29 is 29.0 Å². The van der Waals surface area contributed by atoms with E-state index < -0.39 is 51.5 Å². The molecule has 0 fully saturated rings. The summed E-state index contributed by atoms with van der Waals surface area (Å²) in [6, 6.07) is 7.74. The van der Waals surface area contributed by atoms with Gasteiger partial charge in [-0.25, -0.2) is 4.79 Å². The molecule has 0 aliphatic heterocycles. The van der Waals surface area contributed by atoms with Crippen LogP contribution in [0, 0.1) is 26.1 Å². The van der Waals surface area contributed by atoms with Crippen molar-refractivity contribution in [2.24, 2.45) is 5.92 Å². The van der Waals surface area contributed by atoms with Gasteiger partial charge in [0.1, 0.15) is 6.04 Å². The average molecular weight is 522 g/mol. The molecule has 0 aliphatic rings. The molecule has 0 heterocycles. The summed E-state index contributed by atoms with van der Waals surface area (Å²) < 4.78 is 5.86. The molecule has 0 aliphatic carbocycles. The van der Waals surface area contributed by atoms with Crippen LogP contribution in [-0.4, -0.2) is 40.2 Å². The molecule has 0 radical (unpaired) electrons. The minimum absolute atomic E-state index is 0.0653. The number of Topliss-reactive ketones (excluding diaryl/α,β-unsaturated/α-hetero) is 1. The number of nitro groups is 2. The van der Waals surface area contributed by atoms with Crippen molar-refractivity contribution >= 4 is 45.0 Å². The molecule has 1 unspecified atom stereocenters. The lowest BCUT2D eigenvalue weighted by atomic mass is 10.0. The number of esters is 1. The highest BCUT2D eigenvalue weighted by Gasteiger charge is 2.27. The predicted octanol–water partition coefficient (Wildman–Crippen LogP) is 3.84. The third-order valence-corrected chi connectivity index (χ3v) is 4.92. The molecule has 0 bridgehead atoms.